The summed E-state index contributed by atoms with van der Waals surface area (Å²) < 4.78 is 5.56. The van der Waals surface area contributed by atoms with Crippen LogP contribution in [0.2, 0.25) is 5.02 Å². The number of hydrogen-bond acceptors (Lipinski definition) is 4. The number of halogens is 1. The molecule has 1 heterocycles. The summed E-state index contributed by atoms with van der Waals surface area (Å²) in [6, 6.07) is 11.0. The minimum Gasteiger partial charge on any atom is -0.489 e. The summed E-state index contributed by atoms with van der Waals surface area (Å²) >= 11 is 6.12. The monoisotopic (exact) mass is 396 g/mol. The van der Waals surface area contributed by atoms with Gasteiger partial charge in [0.1, 0.15) is 17.9 Å². The van der Waals surface area contributed by atoms with Crippen molar-refractivity contribution in [2.45, 2.75) is 6.92 Å². The first-order valence-electron chi connectivity index (χ1n) is 8.43. The van der Waals surface area contributed by atoms with Crippen molar-refractivity contribution in [2.75, 3.05) is 11.5 Å². The van der Waals surface area contributed by atoms with Gasteiger partial charge in [-0.3, -0.25) is 14.9 Å². The number of urea groups is 1. The van der Waals surface area contributed by atoms with E-state index in [9.17, 15) is 14.4 Å². The van der Waals surface area contributed by atoms with E-state index in [1.54, 1.807) is 55.5 Å². The average Bonchev–Trinajstić information content (AvgIpc) is 2.67. The number of ether oxygens (including phenoxy) is 1. The first kappa shape index (κ1) is 19.4. The number of carbonyl (C=O) groups excluding carboxylic acids is 3. The Balaban J connectivity index is 2.05. The average molecular weight is 397 g/mol. The van der Waals surface area contributed by atoms with Crippen LogP contribution in [0.15, 0.2) is 60.7 Å². The maximum absolute atomic E-state index is 13.0. The van der Waals surface area contributed by atoms with Crippen LogP contribution < -0.4 is 15.0 Å². The fourth-order valence-corrected chi connectivity index (χ4v) is 2.92. The molecule has 1 aliphatic rings. The van der Waals surface area contributed by atoms with E-state index in [0.717, 1.165) is 4.90 Å². The van der Waals surface area contributed by atoms with E-state index < -0.39 is 17.8 Å². The molecule has 4 amide bonds. The molecule has 0 atom stereocenters. The molecule has 0 aliphatic carbocycles. The van der Waals surface area contributed by atoms with E-state index in [0.29, 0.717) is 27.6 Å². The molecule has 3 rings (SSSR count). The lowest BCUT2D eigenvalue weighted by molar-refractivity contribution is -0.122. The second kappa shape index (κ2) is 8.10. The van der Waals surface area contributed by atoms with Crippen LogP contribution in [0, 0.1) is 6.92 Å². The van der Waals surface area contributed by atoms with Gasteiger partial charge in [0.2, 0.25) is 0 Å². The van der Waals surface area contributed by atoms with Gasteiger partial charge in [-0.1, -0.05) is 48.5 Å². The molecule has 0 saturated carbocycles. The minimum atomic E-state index is -0.825. The smallest absolute Gasteiger partial charge is 0.335 e. The van der Waals surface area contributed by atoms with Gasteiger partial charge in [0.05, 0.1) is 5.69 Å². The summed E-state index contributed by atoms with van der Waals surface area (Å²) in [5, 5.41) is 2.60. The van der Waals surface area contributed by atoms with Gasteiger partial charge in [-0.05, 0) is 36.8 Å². The molecule has 28 heavy (non-hydrogen) atoms. The summed E-state index contributed by atoms with van der Waals surface area (Å²) in [5.74, 6) is -1.03. The van der Waals surface area contributed by atoms with Crippen LogP contribution in [-0.2, 0) is 9.59 Å². The lowest BCUT2D eigenvalue weighted by Crippen LogP contribution is -2.54. The number of para-hydroxylation sites is 1. The lowest BCUT2D eigenvalue weighted by atomic mass is 10.1. The van der Waals surface area contributed by atoms with Crippen molar-refractivity contribution in [1.82, 2.24) is 5.32 Å². The highest BCUT2D eigenvalue weighted by Gasteiger charge is 2.37. The zero-order chi connectivity index (χ0) is 20.3. The Morgan fingerprint density at radius 3 is 2.64 bits per heavy atom. The van der Waals surface area contributed by atoms with E-state index in [2.05, 4.69) is 11.9 Å². The third-order valence-corrected chi connectivity index (χ3v) is 4.57. The Kier molecular flexibility index (Phi) is 5.61. The molecule has 0 aromatic heterocycles. The highest BCUT2D eigenvalue weighted by molar-refractivity contribution is 6.40. The van der Waals surface area contributed by atoms with Crippen LogP contribution in [0.4, 0.5) is 10.5 Å². The standard InChI is InChI=1S/C21H17ClN2O4/c1-3-11-28-18-10-5-4-7-14(18)12-15-19(25)23-21(27)24(20(15)26)17-9-6-8-16(22)13(17)2/h3-10,12H,1,11H2,2H3,(H,23,25,27)/b15-12+. The largest absolute Gasteiger partial charge is 0.489 e. The van der Waals surface area contributed by atoms with E-state index in [1.165, 1.54) is 6.08 Å². The molecule has 2 aromatic rings. The van der Waals surface area contributed by atoms with Gasteiger partial charge in [-0.25, -0.2) is 9.69 Å². The van der Waals surface area contributed by atoms with E-state index in [-0.39, 0.29) is 12.2 Å². The number of amides is 4. The summed E-state index contributed by atoms with van der Waals surface area (Å²) in [4.78, 5) is 38.6. The highest BCUT2D eigenvalue weighted by atomic mass is 35.5. The molecule has 0 radical (unpaired) electrons. The van der Waals surface area contributed by atoms with Crippen LogP contribution in [0.1, 0.15) is 11.1 Å². The number of carbonyl (C=O) groups is 3. The Bertz CT molecular complexity index is 1010. The molecule has 0 spiro atoms. The SMILES string of the molecule is C=CCOc1ccccc1/C=C1\C(=O)NC(=O)N(c2cccc(Cl)c2C)C1=O. The van der Waals surface area contributed by atoms with Crippen molar-refractivity contribution >= 4 is 41.2 Å². The lowest BCUT2D eigenvalue weighted by Gasteiger charge is -2.27. The summed E-state index contributed by atoms with van der Waals surface area (Å²) in [6.07, 6.45) is 2.99. The predicted octanol–water partition coefficient (Wildman–Crippen LogP) is 3.88. The molecule has 1 N–H and O–H groups in total. The van der Waals surface area contributed by atoms with E-state index >= 15 is 0 Å². The molecule has 7 heteroatoms. The Hall–Kier alpha value is -3.38. The number of benzene rings is 2. The third-order valence-electron chi connectivity index (χ3n) is 4.16. The topological polar surface area (TPSA) is 75.7 Å². The fraction of sp³-hybridized carbons (Fsp3) is 0.0952. The molecular formula is C21H17ClN2O4. The molecule has 1 fully saturated rings. The van der Waals surface area contributed by atoms with Gasteiger partial charge < -0.3 is 4.74 Å². The van der Waals surface area contributed by atoms with Crippen LogP contribution in [-0.4, -0.2) is 24.5 Å². The fourth-order valence-electron chi connectivity index (χ4n) is 2.75. The summed E-state index contributed by atoms with van der Waals surface area (Å²) in [5.41, 5.74) is 1.20. The Morgan fingerprint density at radius 2 is 1.89 bits per heavy atom. The first-order chi connectivity index (χ1) is 13.4. The summed E-state index contributed by atoms with van der Waals surface area (Å²) in [6.45, 7) is 5.56. The molecule has 2 aromatic carbocycles. The minimum absolute atomic E-state index is 0.186. The van der Waals surface area contributed by atoms with Crippen LogP contribution in [0.25, 0.3) is 6.08 Å². The molecule has 0 unspecified atom stereocenters. The predicted molar refractivity (Wildman–Crippen MR) is 107 cm³/mol. The maximum atomic E-state index is 13.0. The van der Waals surface area contributed by atoms with Gasteiger partial charge in [0.25, 0.3) is 11.8 Å². The molecular weight excluding hydrogens is 380 g/mol. The van der Waals surface area contributed by atoms with Crippen LogP contribution >= 0.6 is 11.6 Å². The first-order valence-corrected chi connectivity index (χ1v) is 8.81. The maximum Gasteiger partial charge on any atom is 0.335 e. The zero-order valence-corrected chi connectivity index (χ0v) is 15.8. The second-order valence-electron chi connectivity index (χ2n) is 5.98. The van der Waals surface area contributed by atoms with Crippen molar-refractivity contribution in [3.63, 3.8) is 0 Å². The Morgan fingerprint density at radius 1 is 1.14 bits per heavy atom. The van der Waals surface area contributed by atoms with E-state index in [1.807, 2.05) is 0 Å². The molecule has 6 nitrogen and oxygen atoms in total. The van der Waals surface area contributed by atoms with Crippen molar-refractivity contribution < 1.29 is 19.1 Å². The summed E-state index contributed by atoms with van der Waals surface area (Å²) in [7, 11) is 0. The van der Waals surface area contributed by atoms with Gasteiger partial charge in [-0.15, -0.1) is 0 Å². The van der Waals surface area contributed by atoms with Crippen molar-refractivity contribution in [3.05, 3.63) is 76.8 Å². The Labute approximate surface area is 167 Å². The number of nitrogens with one attached hydrogen (secondary N) is 1. The zero-order valence-electron chi connectivity index (χ0n) is 15.1. The normalized spacial score (nSPS) is 15.6. The van der Waals surface area contributed by atoms with Gasteiger partial charge >= 0.3 is 6.03 Å². The van der Waals surface area contributed by atoms with Crippen LogP contribution in [0.3, 0.4) is 0 Å². The van der Waals surface area contributed by atoms with Gasteiger partial charge in [0, 0.05) is 10.6 Å². The highest BCUT2D eigenvalue weighted by Crippen LogP contribution is 2.30. The quantitative estimate of drug-likeness (QED) is 0.472. The molecule has 1 aliphatic heterocycles. The van der Waals surface area contributed by atoms with E-state index in [4.69, 9.17) is 16.3 Å². The molecule has 1 saturated heterocycles. The third kappa shape index (κ3) is 3.68. The number of barbiturate groups is 1. The molecule has 142 valence electrons. The number of nitrogens with zero attached hydrogens (tertiary/aromatic N) is 1. The van der Waals surface area contributed by atoms with Crippen molar-refractivity contribution in [3.8, 4) is 5.75 Å². The van der Waals surface area contributed by atoms with Gasteiger partial charge in [-0.2, -0.15) is 0 Å². The number of hydrogen-bond donors (Lipinski definition) is 1. The van der Waals surface area contributed by atoms with Gasteiger partial charge in [0.15, 0.2) is 0 Å². The second-order valence-corrected chi connectivity index (χ2v) is 6.39. The van der Waals surface area contributed by atoms with Crippen molar-refractivity contribution in [2.24, 2.45) is 0 Å². The molecule has 0 bridgehead atoms. The van der Waals surface area contributed by atoms with Crippen LogP contribution in [0.5, 0.6) is 5.75 Å². The number of imide groups is 2. The number of anilines is 1. The van der Waals surface area contributed by atoms with Crippen molar-refractivity contribution in [1.29, 1.82) is 0 Å². The number of rotatable bonds is 5.